The molecule has 6 aromatic carbocycles. The van der Waals surface area contributed by atoms with Crippen LogP contribution in [0.4, 0.5) is 0 Å². The molecule has 0 unspecified atom stereocenters. The van der Waals surface area contributed by atoms with Gasteiger partial charge in [-0.2, -0.15) is 0 Å². The summed E-state index contributed by atoms with van der Waals surface area (Å²) in [4.78, 5) is 39.7. The van der Waals surface area contributed by atoms with Crippen LogP contribution in [0, 0.1) is 0 Å². The van der Waals surface area contributed by atoms with E-state index in [1.807, 2.05) is 189 Å². The zero-order valence-electron chi connectivity index (χ0n) is 49.5. The topological polar surface area (TPSA) is 190 Å². The fourth-order valence-corrected chi connectivity index (χ4v) is 10.7. The Labute approximate surface area is 508 Å². The van der Waals surface area contributed by atoms with E-state index in [1.165, 1.54) is 20.8 Å². The zero-order valence-corrected chi connectivity index (χ0v) is 49.5. The maximum Gasteiger partial charge on any atom is 0.303 e. The first-order valence-corrected chi connectivity index (χ1v) is 29.4. The molecule has 0 N–H and O–H groups in total. The van der Waals surface area contributed by atoms with Gasteiger partial charge in [0, 0.05) is 20.8 Å². The van der Waals surface area contributed by atoms with Gasteiger partial charge in [-0.15, -0.1) is 6.58 Å². The molecule has 3 aliphatic heterocycles. The maximum absolute atomic E-state index is 13.4. The van der Waals surface area contributed by atoms with Crippen molar-refractivity contribution in [2.24, 2.45) is 0 Å². The molecule has 0 amide bonds. The van der Waals surface area contributed by atoms with Crippen LogP contribution in [0.25, 0.3) is 0 Å². The molecule has 462 valence electrons. The SMILES string of the molecule is C=CCO[C@@H]1O[C@H](COCc2ccccc2)[C@@H](O[C@@H]2O[C@@H](C)[C@@H](OCc3ccccc3)[C@@H](OCc3ccccc3)[C@@H]2OCc2ccccc2)[C@H](O[C@@H]2O[C@H](COCc3ccccc3)[C@H](OC(C)=O)[C@H](OC(C)=O)[C@H]2OC(C)=O)[C@H]1OCc1ccccc1. The summed E-state index contributed by atoms with van der Waals surface area (Å²) in [6.45, 7) is 9.93. The average Bonchev–Trinajstić information content (AvgIpc) is 1.89. The van der Waals surface area contributed by atoms with E-state index >= 15 is 0 Å². The smallest absolute Gasteiger partial charge is 0.303 e. The number of benzene rings is 6. The quantitative estimate of drug-likeness (QED) is 0.0235. The normalized spacial score (nSPS) is 27.1. The van der Waals surface area contributed by atoms with E-state index in [1.54, 1.807) is 6.08 Å². The second-order valence-corrected chi connectivity index (χ2v) is 21.4. The van der Waals surface area contributed by atoms with E-state index in [-0.39, 0.29) is 59.5 Å². The standard InChI is InChI=1S/C69H78O18/c1-6-37-75-67-65(79-43-55-35-23-12-24-36-55)62(87-69-66(83-49(5)72)63(82-48(4)71)59(81-47(3)70)56(85-69)44-73-38-50-25-13-7-14-26-50)60(57(84-67)45-74-39-51-27-15-8-16-28-51)86-68-64(78-42-54-33-21-11-22-34-54)61(77-41-53-31-19-10-20-32-53)58(46(2)80-68)76-40-52-29-17-9-18-30-52/h6-36,46,56-69H,1,37-45H2,2-5H3/t46-,56+,57+,58+,59-,60+,61+,62-,63-,64-,65+,66+,67+,68-,69-/m0/s1. The molecule has 0 aromatic heterocycles. The summed E-state index contributed by atoms with van der Waals surface area (Å²) in [6, 6.07) is 57.9. The van der Waals surface area contributed by atoms with Crippen LogP contribution in [0.15, 0.2) is 195 Å². The Morgan fingerprint density at radius 3 is 1.13 bits per heavy atom. The molecule has 0 aliphatic carbocycles. The number of rotatable bonds is 30. The molecule has 3 aliphatic rings. The molecule has 0 radical (unpaired) electrons. The molecule has 18 heteroatoms. The van der Waals surface area contributed by atoms with Crippen LogP contribution in [-0.2, 0) is 125 Å². The molecule has 0 bridgehead atoms. The molecular formula is C69H78O18. The lowest BCUT2D eigenvalue weighted by atomic mass is 9.95. The highest BCUT2D eigenvalue weighted by molar-refractivity contribution is 5.68. The predicted octanol–water partition coefficient (Wildman–Crippen LogP) is 9.72. The number of esters is 3. The van der Waals surface area contributed by atoms with Crippen LogP contribution >= 0.6 is 0 Å². The Bertz CT molecular complexity index is 2980. The van der Waals surface area contributed by atoms with E-state index in [0.29, 0.717) is 0 Å². The molecule has 18 nitrogen and oxygen atoms in total. The van der Waals surface area contributed by atoms with Gasteiger partial charge in [0.25, 0.3) is 0 Å². The van der Waals surface area contributed by atoms with E-state index in [4.69, 9.17) is 71.1 Å². The van der Waals surface area contributed by atoms with Crippen LogP contribution in [0.1, 0.15) is 61.1 Å². The number of carbonyl (C=O) groups is 3. The minimum atomic E-state index is -1.65. The second kappa shape index (κ2) is 33.4. The van der Waals surface area contributed by atoms with Crippen molar-refractivity contribution < 1.29 is 85.4 Å². The summed E-state index contributed by atoms with van der Waals surface area (Å²) in [5, 5.41) is 0. The molecule has 0 saturated carbocycles. The summed E-state index contributed by atoms with van der Waals surface area (Å²) < 4.78 is 101. The average molecular weight is 1200 g/mol. The van der Waals surface area contributed by atoms with Gasteiger partial charge in [-0.1, -0.05) is 188 Å². The van der Waals surface area contributed by atoms with Gasteiger partial charge in [0.05, 0.1) is 65.6 Å². The van der Waals surface area contributed by atoms with Crippen LogP contribution in [0.3, 0.4) is 0 Å². The third-order valence-corrected chi connectivity index (χ3v) is 14.7. The van der Waals surface area contributed by atoms with Gasteiger partial charge >= 0.3 is 17.9 Å². The largest absolute Gasteiger partial charge is 0.456 e. The lowest BCUT2D eigenvalue weighted by molar-refractivity contribution is -0.394. The molecule has 9 rings (SSSR count). The van der Waals surface area contributed by atoms with Crippen LogP contribution < -0.4 is 0 Å². The van der Waals surface area contributed by atoms with Gasteiger partial charge in [-0.25, -0.2) is 0 Å². The molecule has 3 fully saturated rings. The summed E-state index contributed by atoms with van der Waals surface area (Å²) in [5.41, 5.74) is 5.25. The third-order valence-electron chi connectivity index (χ3n) is 14.7. The Morgan fingerprint density at radius 1 is 0.368 bits per heavy atom. The predicted molar refractivity (Wildman–Crippen MR) is 316 cm³/mol. The minimum absolute atomic E-state index is 0.00454. The summed E-state index contributed by atoms with van der Waals surface area (Å²) in [5.74, 6) is -2.30. The second-order valence-electron chi connectivity index (χ2n) is 21.4. The van der Waals surface area contributed by atoms with Gasteiger partial charge in [0.1, 0.15) is 48.8 Å². The monoisotopic (exact) mass is 1190 g/mol. The fraction of sp³-hybridized carbons (Fsp3) is 0.406. The van der Waals surface area contributed by atoms with Gasteiger partial charge < -0.3 is 71.1 Å². The number of hydrogen-bond acceptors (Lipinski definition) is 18. The van der Waals surface area contributed by atoms with Crippen molar-refractivity contribution in [3.63, 3.8) is 0 Å². The molecule has 15 atom stereocenters. The van der Waals surface area contributed by atoms with Crippen molar-refractivity contribution in [1.82, 2.24) is 0 Å². The Hall–Kier alpha value is -7.01. The van der Waals surface area contributed by atoms with E-state index in [0.717, 1.165) is 33.4 Å². The highest BCUT2D eigenvalue weighted by Gasteiger charge is 2.58. The summed E-state index contributed by atoms with van der Waals surface area (Å²) in [7, 11) is 0. The number of ether oxygens (including phenoxy) is 15. The van der Waals surface area contributed by atoms with Gasteiger partial charge in [-0.3, -0.25) is 14.4 Å². The van der Waals surface area contributed by atoms with Crippen molar-refractivity contribution in [3.05, 3.63) is 228 Å². The first kappa shape index (κ1) is 64.5. The lowest BCUT2D eigenvalue weighted by Gasteiger charge is -2.51. The van der Waals surface area contributed by atoms with E-state index in [2.05, 4.69) is 6.58 Å². The van der Waals surface area contributed by atoms with E-state index < -0.39 is 110 Å². The van der Waals surface area contributed by atoms with Crippen molar-refractivity contribution >= 4 is 17.9 Å². The van der Waals surface area contributed by atoms with Crippen LogP contribution in [0.2, 0.25) is 0 Å². The van der Waals surface area contributed by atoms with Crippen molar-refractivity contribution in [1.29, 1.82) is 0 Å². The fourth-order valence-electron chi connectivity index (χ4n) is 10.7. The summed E-state index contributed by atoms with van der Waals surface area (Å²) in [6.07, 6.45) is -16.5. The van der Waals surface area contributed by atoms with E-state index in [9.17, 15) is 14.4 Å². The molecule has 87 heavy (non-hydrogen) atoms. The molecule has 6 aromatic rings. The Morgan fingerprint density at radius 2 is 0.701 bits per heavy atom. The van der Waals surface area contributed by atoms with Crippen molar-refractivity contribution in [2.75, 3.05) is 19.8 Å². The summed E-state index contributed by atoms with van der Waals surface area (Å²) >= 11 is 0. The first-order chi connectivity index (χ1) is 42.5. The van der Waals surface area contributed by atoms with Crippen LogP contribution in [-0.4, -0.2) is 130 Å². The molecular weight excluding hydrogens is 1120 g/mol. The first-order valence-electron chi connectivity index (χ1n) is 29.4. The van der Waals surface area contributed by atoms with Crippen LogP contribution in [0.5, 0.6) is 0 Å². The molecule has 3 heterocycles. The van der Waals surface area contributed by atoms with Crippen molar-refractivity contribution in [2.45, 2.75) is 159 Å². The molecule has 0 spiro atoms. The highest BCUT2D eigenvalue weighted by Crippen LogP contribution is 2.39. The highest BCUT2D eigenvalue weighted by atomic mass is 16.8. The zero-order chi connectivity index (χ0) is 60.7. The van der Waals surface area contributed by atoms with Gasteiger partial charge in [0.15, 0.2) is 37.2 Å². The lowest BCUT2D eigenvalue weighted by Crippen LogP contribution is -2.68. The van der Waals surface area contributed by atoms with Gasteiger partial charge in [0.2, 0.25) is 0 Å². The Kier molecular flexibility index (Phi) is 24.7. The maximum atomic E-state index is 13.4. The molecule has 3 saturated heterocycles. The Balaban J connectivity index is 1.16. The number of carbonyl (C=O) groups excluding carboxylic acids is 3. The third kappa shape index (κ3) is 19.0. The van der Waals surface area contributed by atoms with Crippen molar-refractivity contribution in [3.8, 4) is 0 Å². The number of hydrogen-bond donors (Lipinski definition) is 0. The minimum Gasteiger partial charge on any atom is -0.456 e. The van der Waals surface area contributed by atoms with Gasteiger partial charge in [-0.05, 0) is 40.3 Å².